The maximum atomic E-state index is 13.8. The van der Waals surface area contributed by atoms with Gasteiger partial charge in [0.05, 0.1) is 11.6 Å². The highest BCUT2D eigenvalue weighted by Crippen LogP contribution is 2.26. The molecule has 0 spiro atoms. The summed E-state index contributed by atoms with van der Waals surface area (Å²) in [6, 6.07) is 3.61. The first-order valence-electron chi connectivity index (χ1n) is 8.09. The van der Waals surface area contributed by atoms with Gasteiger partial charge in [-0.25, -0.2) is 18.2 Å². The summed E-state index contributed by atoms with van der Waals surface area (Å²) < 4.78 is 40.2. The number of anilines is 3. The van der Waals surface area contributed by atoms with Crippen molar-refractivity contribution in [3.63, 3.8) is 0 Å². The lowest BCUT2D eigenvalue weighted by atomic mass is 9.97. The summed E-state index contributed by atoms with van der Waals surface area (Å²) in [4.78, 5) is 21.4. The highest BCUT2D eigenvalue weighted by molar-refractivity contribution is 5.70. The average molecular weight is 366 g/mol. The van der Waals surface area contributed by atoms with Crippen LogP contribution in [-0.2, 0) is 4.79 Å². The number of rotatable bonds is 4. The third-order valence-corrected chi connectivity index (χ3v) is 4.29. The fraction of sp³-hybridized carbons (Fsp3) is 0.353. The fourth-order valence-electron chi connectivity index (χ4n) is 2.87. The minimum absolute atomic E-state index is 0.0465. The van der Waals surface area contributed by atoms with Crippen LogP contribution in [0.2, 0.25) is 0 Å². The van der Waals surface area contributed by atoms with Gasteiger partial charge in [0, 0.05) is 24.8 Å². The topological polar surface area (TPSA) is 78.4 Å². The third kappa shape index (κ3) is 3.71. The van der Waals surface area contributed by atoms with Gasteiger partial charge in [0.25, 0.3) is 0 Å². The third-order valence-electron chi connectivity index (χ3n) is 4.29. The van der Waals surface area contributed by atoms with Crippen LogP contribution in [0.25, 0.3) is 0 Å². The van der Waals surface area contributed by atoms with Crippen LogP contribution in [0.15, 0.2) is 18.2 Å². The average Bonchev–Trinajstić information content (AvgIpc) is 2.62. The van der Waals surface area contributed by atoms with Crippen molar-refractivity contribution in [2.45, 2.75) is 19.8 Å². The molecule has 0 saturated carbocycles. The predicted octanol–water partition coefficient (Wildman–Crippen LogP) is 3.25. The lowest BCUT2D eigenvalue weighted by Crippen LogP contribution is -2.36. The summed E-state index contributed by atoms with van der Waals surface area (Å²) in [6.07, 6.45) is 0.998. The number of aliphatic carboxylic acids is 1. The van der Waals surface area contributed by atoms with Crippen molar-refractivity contribution >= 4 is 23.4 Å². The van der Waals surface area contributed by atoms with E-state index in [1.165, 1.54) is 0 Å². The summed E-state index contributed by atoms with van der Waals surface area (Å²) in [5.74, 6) is -4.77. The summed E-state index contributed by atoms with van der Waals surface area (Å²) in [5, 5.41) is 11.6. The quantitative estimate of drug-likeness (QED) is 0.809. The molecule has 1 saturated heterocycles. The molecule has 0 bridgehead atoms. The zero-order chi connectivity index (χ0) is 18.8. The number of aryl methyl sites for hydroxylation is 1. The molecule has 1 aliphatic rings. The Kier molecular flexibility index (Phi) is 4.97. The van der Waals surface area contributed by atoms with E-state index in [4.69, 9.17) is 5.11 Å². The molecule has 1 aromatic carbocycles. The number of hydrogen-bond acceptors (Lipinski definition) is 5. The van der Waals surface area contributed by atoms with Crippen molar-refractivity contribution in [3.05, 3.63) is 41.3 Å². The molecular weight excluding hydrogens is 349 g/mol. The van der Waals surface area contributed by atoms with E-state index in [9.17, 15) is 18.0 Å². The molecule has 1 fully saturated rings. The number of nitrogens with zero attached hydrogens (tertiary/aromatic N) is 3. The van der Waals surface area contributed by atoms with Crippen molar-refractivity contribution < 1.29 is 23.1 Å². The molecule has 9 heteroatoms. The van der Waals surface area contributed by atoms with Gasteiger partial charge in [0.2, 0.25) is 5.95 Å². The van der Waals surface area contributed by atoms with Gasteiger partial charge in [0.1, 0.15) is 5.82 Å². The molecular formula is C17H17F3N4O2. The number of carboxylic acid groups (broad SMARTS) is 1. The smallest absolute Gasteiger partial charge is 0.306 e. The van der Waals surface area contributed by atoms with Crippen LogP contribution in [0.3, 0.4) is 0 Å². The molecule has 1 aromatic heterocycles. The second kappa shape index (κ2) is 7.19. The fourth-order valence-corrected chi connectivity index (χ4v) is 2.87. The summed E-state index contributed by atoms with van der Waals surface area (Å²) >= 11 is 0. The van der Waals surface area contributed by atoms with Crippen LogP contribution < -0.4 is 10.2 Å². The Morgan fingerprint density at radius 1 is 1.19 bits per heavy atom. The van der Waals surface area contributed by atoms with Crippen LogP contribution in [-0.4, -0.2) is 34.1 Å². The Balaban J connectivity index is 1.81. The largest absolute Gasteiger partial charge is 0.481 e. The van der Waals surface area contributed by atoms with Crippen molar-refractivity contribution in [3.8, 4) is 0 Å². The molecule has 26 heavy (non-hydrogen) atoms. The zero-order valence-corrected chi connectivity index (χ0v) is 14.0. The molecule has 2 heterocycles. The lowest BCUT2D eigenvalue weighted by molar-refractivity contribution is -0.142. The Morgan fingerprint density at radius 2 is 1.88 bits per heavy atom. The summed E-state index contributed by atoms with van der Waals surface area (Å²) in [6.45, 7) is 2.76. The van der Waals surface area contributed by atoms with E-state index in [0.717, 1.165) is 12.1 Å². The predicted molar refractivity (Wildman–Crippen MR) is 88.9 cm³/mol. The minimum atomic E-state index is -1.57. The number of hydrogen-bond donors (Lipinski definition) is 2. The molecule has 138 valence electrons. The van der Waals surface area contributed by atoms with Gasteiger partial charge < -0.3 is 15.3 Å². The first kappa shape index (κ1) is 18.0. The minimum Gasteiger partial charge on any atom is -0.481 e. The number of nitrogens with one attached hydrogen (secondary N) is 1. The van der Waals surface area contributed by atoms with Gasteiger partial charge >= 0.3 is 5.97 Å². The van der Waals surface area contributed by atoms with Crippen molar-refractivity contribution in [2.75, 3.05) is 23.3 Å². The van der Waals surface area contributed by atoms with Gasteiger partial charge in [-0.2, -0.15) is 4.98 Å². The standard InChI is InChI=1S/C17H17F3N4O2/c1-9-8-13(24-6-4-10(5-7-24)16(25)26)23-17(21-9)22-12-3-2-11(18)14(19)15(12)20/h2-3,8,10H,4-7H2,1H3,(H,25,26)(H,21,22,23). The molecule has 0 atom stereocenters. The molecule has 0 aliphatic carbocycles. The number of carboxylic acids is 1. The van der Waals surface area contributed by atoms with Crippen LogP contribution in [0.1, 0.15) is 18.5 Å². The second-order valence-electron chi connectivity index (χ2n) is 6.14. The zero-order valence-electron chi connectivity index (χ0n) is 14.0. The van der Waals surface area contributed by atoms with E-state index < -0.39 is 23.4 Å². The Hall–Kier alpha value is -2.84. The van der Waals surface area contributed by atoms with Crippen LogP contribution >= 0.6 is 0 Å². The second-order valence-corrected chi connectivity index (χ2v) is 6.14. The first-order valence-corrected chi connectivity index (χ1v) is 8.09. The van der Waals surface area contributed by atoms with Gasteiger partial charge in [-0.05, 0) is 31.9 Å². The number of halogens is 3. The van der Waals surface area contributed by atoms with E-state index >= 15 is 0 Å². The molecule has 3 rings (SSSR count). The molecule has 2 N–H and O–H groups in total. The van der Waals surface area contributed by atoms with Crippen molar-refractivity contribution in [2.24, 2.45) is 5.92 Å². The SMILES string of the molecule is Cc1cc(N2CCC(C(=O)O)CC2)nc(Nc2ccc(F)c(F)c2F)n1. The van der Waals surface area contributed by atoms with E-state index in [1.54, 1.807) is 13.0 Å². The number of aromatic nitrogens is 2. The Morgan fingerprint density at radius 3 is 2.54 bits per heavy atom. The molecule has 0 unspecified atom stereocenters. The number of piperidine rings is 1. The van der Waals surface area contributed by atoms with Gasteiger partial charge in [-0.1, -0.05) is 0 Å². The van der Waals surface area contributed by atoms with Crippen LogP contribution in [0.4, 0.5) is 30.6 Å². The molecule has 1 aliphatic heterocycles. The maximum Gasteiger partial charge on any atom is 0.306 e. The van der Waals surface area contributed by atoms with Crippen LogP contribution in [0.5, 0.6) is 0 Å². The Labute approximate surface area is 147 Å². The first-order chi connectivity index (χ1) is 12.3. The van der Waals surface area contributed by atoms with E-state index in [2.05, 4.69) is 15.3 Å². The van der Waals surface area contributed by atoms with E-state index in [-0.39, 0.29) is 17.6 Å². The number of carbonyl (C=O) groups is 1. The van der Waals surface area contributed by atoms with Crippen molar-refractivity contribution in [1.82, 2.24) is 9.97 Å². The van der Waals surface area contributed by atoms with Gasteiger partial charge in [-0.3, -0.25) is 4.79 Å². The van der Waals surface area contributed by atoms with Crippen LogP contribution in [0, 0.1) is 30.3 Å². The summed E-state index contributed by atoms with van der Waals surface area (Å²) in [7, 11) is 0. The molecule has 0 amide bonds. The van der Waals surface area contributed by atoms with Crippen molar-refractivity contribution in [1.29, 1.82) is 0 Å². The highest BCUT2D eigenvalue weighted by atomic mass is 19.2. The lowest BCUT2D eigenvalue weighted by Gasteiger charge is -2.31. The van der Waals surface area contributed by atoms with E-state index in [1.807, 2.05) is 4.90 Å². The monoisotopic (exact) mass is 366 g/mol. The molecule has 2 aromatic rings. The Bertz CT molecular complexity index is 839. The van der Waals surface area contributed by atoms with E-state index in [0.29, 0.717) is 37.4 Å². The van der Waals surface area contributed by atoms with Gasteiger partial charge in [0.15, 0.2) is 17.5 Å². The molecule has 0 radical (unpaired) electrons. The summed E-state index contributed by atoms with van der Waals surface area (Å²) in [5.41, 5.74) is 0.325. The molecule has 6 nitrogen and oxygen atoms in total. The number of benzene rings is 1. The highest BCUT2D eigenvalue weighted by Gasteiger charge is 2.25. The van der Waals surface area contributed by atoms with Gasteiger partial charge in [-0.15, -0.1) is 0 Å². The maximum absolute atomic E-state index is 13.8. The normalized spacial score (nSPS) is 15.2.